The normalized spacial score (nSPS) is 15.2. The van der Waals surface area contributed by atoms with E-state index in [-0.39, 0.29) is 0 Å². The number of carbonyl (C=O) groups excluding carboxylic acids is 1. The van der Waals surface area contributed by atoms with Crippen LogP contribution >= 0.6 is 0 Å². The Bertz CT molecular complexity index is 809. The monoisotopic (exact) mass is 323 g/mol. The number of hydrogen-bond donors (Lipinski definition) is 0. The average Bonchev–Trinajstić information content (AvgIpc) is 2.93. The highest BCUT2D eigenvalue weighted by Crippen LogP contribution is 2.34. The highest BCUT2D eigenvalue weighted by molar-refractivity contribution is 6.24. The van der Waals surface area contributed by atoms with Gasteiger partial charge >= 0.3 is 5.97 Å². The molecule has 0 aliphatic carbocycles. The van der Waals surface area contributed by atoms with Crippen molar-refractivity contribution in [3.8, 4) is 11.5 Å². The van der Waals surface area contributed by atoms with Crippen LogP contribution in [0.25, 0.3) is 6.08 Å². The van der Waals surface area contributed by atoms with Gasteiger partial charge in [-0.3, -0.25) is 0 Å². The Morgan fingerprint density at radius 1 is 1.12 bits per heavy atom. The van der Waals surface area contributed by atoms with Crippen LogP contribution < -0.4 is 9.47 Å². The molecule has 1 aliphatic rings. The van der Waals surface area contributed by atoms with E-state index in [0.29, 0.717) is 29.4 Å². The molecular weight excluding hydrogens is 306 g/mol. The lowest BCUT2D eigenvalue weighted by atomic mass is 10.1. The van der Waals surface area contributed by atoms with Gasteiger partial charge in [-0.25, -0.2) is 4.79 Å². The van der Waals surface area contributed by atoms with Crippen LogP contribution in [0.5, 0.6) is 11.5 Å². The van der Waals surface area contributed by atoms with Crippen molar-refractivity contribution >= 4 is 17.8 Å². The Kier molecular flexibility index (Phi) is 4.61. The van der Waals surface area contributed by atoms with E-state index in [2.05, 4.69) is 9.99 Å². The molecule has 1 heterocycles. The fourth-order valence-electron chi connectivity index (χ4n) is 2.37. The Balaban J connectivity index is 1.93. The van der Waals surface area contributed by atoms with E-state index in [0.717, 1.165) is 11.1 Å². The molecule has 24 heavy (non-hydrogen) atoms. The van der Waals surface area contributed by atoms with E-state index < -0.39 is 5.97 Å². The van der Waals surface area contributed by atoms with Gasteiger partial charge in [-0.1, -0.05) is 47.6 Å². The van der Waals surface area contributed by atoms with E-state index in [4.69, 9.17) is 9.47 Å². The molecule has 3 rings (SSSR count). The second-order valence-corrected chi connectivity index (χ2v) is 5.27. The summed E-state index contributed by atoms with van der Waals surface area (Å²) in [5, 5.41) is 3.69. The summed E-state index contributed by atoms with van der Waals surface area (Å²) in [6.07, 6.45) is 1.71. The quantitative estimate of drug-likeness (QED) is 0.623. The Morgan fingerprint density at radius 3 is 2.58 bits per heavy atom. The first kappa shape index (κ1) is 15.8. The number of hydrogen-bond acceptors (Lipinski definition) is 5. The van der Waals surface area contributed by atoms with Gasteiger partial charge in [0.25, 0.3) is 0 Å². The van der Waals surface area contributed by atoms with Crippen molar-refractivity contribution in [1.29, 1.82) is 0 Å². The lowest BCUT2D eigenvalue weighted by Crippen LogP contribution is -2.03. The number of para-hydroxylation sites is 1. The maximum atomic E-state index is 11.8. The average molecular weight is 323 g/mol. The van der Waals surface area contributed by atoms with Crippen molar-refractivity contribution in [3.63, 3.8) is 0 Å². The van der Waals surface area contributed by atoms with Crippen molar-refractivity contribution in [2.75, 3.05) is 7.11 Å². The summed E-state index contributed by atoms with van der Waals surface area (Å²) in [6, 6.07) is 15.3. The second-order valence-electron chi connectivity index (χ2n) is 5.27. The van der Waals surface area contributed by atoms with E-state index >= 15 is 0 Å². The number of nitrogens with zero attached hydrogens (tertiary/aromatic N) is 1. The third-order valence-electron chi connectivity index (χ3n) is 3.63. The van der Waals surface area contributed by atoms with E-state index in [1.807, 2.05) is 48.5 Å². The summed E-state index contributed by atoms with van der Waals surface area (Å²) in [5.41, 5.74) is 2.72. The van der Waals surface area contributed by atoms with Crippen molar-refractivity contribution in [2.24, 2.45) is 5.16 Å². The van der Waals surface area contributed by atoms with Gasteiger partial charge in [-0.15, -0.1) is 0 Å². The summed E-state index contributed by atoms with van der Waals surface area (Å²) >= 11 is 0. The van der Waals surface area contributed by atoms with Crippen molar-refractivity contribution in [2.45, 2.75) is 13.5 Å². The topological polar surface area (TPSA) is 57.1 Å². The summed E-state index contributed by atoms with van der Waals surface area (Å²) in [7, 11) is 1.58. The molecule has 5 heteroatoms. The van der Waals surface area contributed by atoms with Gasteiger partial charge in [0.05, 0.1) is 18.4 Å². The van der Waals surface area contributed by atoms with Crippen LogP contribution in [-0.2, 0) is 16.2 Å². The largest absolute Gasteiger partial charge is 0.493 e. The number of rotatable bonds is 5. The van der Waals surface area contributed by atoms with Crippen LogP contribution in [-0.4, -0.2) is 18.8 Å². The SMILES string of the molecule is COc1cccc(/C=C2\C(=O)ON=C2C)c1OCc1ccccc1. The first-order chi connectivity index (χ1) is 11.7. The molecule has 2 aromatic carbocycles. The lowest BCUT2D eigenvalue weighted by Gasteiger charge is -2.13. The molecular formula is C19H17NO4. The lowest BCUT2D eigenvalue weighted by molar-refractivity contribution is -0.136. The number of carbonyl (C=O) groups is 1. The van der Waals surface area contributed by atoms with Crippen LogP contribution in [0, 0.1) is 0 Å². The fraction of sp³-hybridized carbons (Fsp3) is 0.158. The Hall–Kier alpha value is -3.08. The molecule has 0 fully saturated rings. The maximum Gasteiger partial charge on any atom is 0.367 e. The molecule has 0 aromatic heterocycles. The van der Waals surface area contributed by atoms with Gasteiger partial charge in [-0.05, 0) is 24.6 Å². The van der Waals surface area contributed by atoms with Gasteiger partial charge in [0.15, 0.2) is 11.5 Å². The van der Waals surface area contributed by atoms with Gasteiger partial charge in [0.2, 0.25) is 0 Å². The molecule has 0 saturated carbocycles. The number of ether oxygens (including phenoxy) is 2. The minimum atomic E-state index is -0.468. The van der Waals surface area contributed by atoms with E-state index in [1.165, 1.54) is 0 Å². The molecule has 2 aromatic rings. The predicted molar refractivity (Wildman–Crippen MR) is 90.9 cm³/mol. The number of oxime groups is 1. The zero-order valence-electron chi connectivity index (χ0n) is 13.5. The zero-order valence-corrected chi connectivity index (χ0v) is 13.5. The van der Waals surface area contributed by atoms with Crippen LogP contribution in [0.1, 0.15) is 18.1 Å². The molecule has 0 bridgehead atoms. The van der Waals surface area contributed by atoms with Gasteiger partial charge in [0.1, 0.15) is 6.61 Å². The van der Waals surface area contributed by atoms with Gasteiger partial charge < -0.3 is 14.3 Å². The molecule has 0 saturated heterocycles. The third kappa shape index (κ3) is 3.30. The molecule has 0 spiro atoms. The van der Waals surface area contributed by atoms with Gasteiger partial charge in [0, 0.05) is 5.56 Å². The predicted octanol–water partition coefficient (Wildman–Crippen LogP) is 3.59. The maximum absolute atomic E-state index is 11.8. The molecule has 1 aliphatic heterocycles. The summed E-state index contributed by atoms with van der Waals surface area (Å²) < 4.78 is 11.4. The third-order valence-corrected chi connectivity index (χ3v) is 3.63. The van der Waals surface area contributed by atoms with Crippen LogP contribution in [0.4, 0.5) is 0 Å². The van der Waals surface area contributed by atoms with Crippen LogP contribution in [0.15, 0.2) is 59.3 Å². The van der Waals surface area contributed by atoms with E-state index in [1.54, 1.807) is 20.1 Å². The number of methoxy groups -OCH3 is 1. The fourth-order valence-corrected chi connectivity index (χ4v) is 2.37. The van der Waals surface area contributed by atoms with Crippen LogP contribution in [0.2, 0.25) is 0 Å². The first-order valence-corrected chi connectivity index (χ1v) is 7.51. The summed E-state index contributed by atoms with van der Waals surface area (Å²) in [4.78, 5) is 16.4. The molecule has 0 N–H and O–H groups in total. The minimum Gasteiger partial charge on any atom is -0.493 e. The molecule has 122 valence electrons. The standard InChI is InChI=1S/C19H17NO4/c1-13-16(19(21)24-20-13)11-15-9-6-10-17(22-2)18(15)23-12-14-7-4-3-5-8-14/h3-11H,12H2,1-2H3/b16-11-. The van der Waals surface area contributed by atoms with Gasteiger partial charge in [-0.2, -0.15) is 0 Å². The molecule has 0 radical (unpaired) electrons. The summed E-state index contributed by atoms with van der Waals surface area (Å²) in [6.45, 7) is 2.12. The van der Waals surface area contributed by atoms with Crippen LogP contribution in [0.3, 0.4) is 0 Å². The molecule has 0 amide bonds. The van der Waals surface area contributed by atoms with Crippen molar-refractivity contribution in [3.05, 3.63) is 65.2 Å². The highest BCUT2D eigenvalue weighted by Gasteiger charge is 2.23. The molecule has 5 nitrogen and oxygen atoms in total. The first-order valence-electron chi connectivity index (χ1n) is 7.51. The molecule has 0 atom stereocenters. The minimum absolute atomic E-state index is 0.398. The Morgan fingerprint density at radius 2 is 1.92 bits per heavy atom. The van der Waals surface area contributed by atoms with Crippen molar-refractivity contribution in [1.82, 2.24) is 0 Å². The molecule has 0 unspecified atom stereocenters. The van der Waals surface area contributed by atoms with E-state index in [9.17, 15) is 4.79 Å². The zero-order chi connectivity index (χ0) is 16.9. The summed E-state index contributed by atoms with van der Waals surface area (Å²) in [5.74, 6) is 0.703. The van der Waals surface area contributed by atoms with Crippen molar-refractivity contribution < 1.29 is 19.1 Å². The highest BCUT2D eigenvalue weighted by atomic mass is 16.7. The Labute approximate surface area is 140 Å². The second kappa shape index (κ2) is 7.00. The number of benzene rings is 2. The smallest absolute Gasteiger partial charge is 0.367 e.